The molecule has 1 unspecified atom stereocenters. The fraction of sp³-hybridized carbons (Fsp3) is 0.133. The van der Waals surface area contributed by atoms with E-state index in [4.69, 9.17) is 9.84 Å². The van der Waals surface area contributed by atoms with Gasteiger partial charge in [0, 0.05) is 29.6 Å². The minimum absolute atomic E-state index is 0. The van der Waals surface area contributed by atoms with Crippen molar-refractivity contribution >= 4 is 35.5 Å². The average Bonchev–Trinajstić information content (AvgIpc) is 2.39. The summed E-state index contributed by atoms with van der Waals surface area (Å²) in [5, 5.41) is 8.98. The first-order valence-corrected chi connectivity index (χ1v) is 5.72. The van der Waals surface area contributed by atoms with Gasteiger partial charge in [-0.2, -0.15) is 0 Å². The molecule has 0 aliphatic carbocycles. The predicted molar refractivity (Wildman–Crippen MR) is 74.8 cm³/mol. The molecule has 4 heteroatoms. The van der Waals surface area contributed by atoms with Crippen LogP contribution >= 0.6 is 0 Å². The number of para-hydroxylation sites is 1. The van der Waals surface area contributed by atoms with Crippen molar-refractivity contribution in [2.75, 3.05) is 0 Å². The average molecular weight is 265 g/mol. The van der Waals surface area contributed by atoms with Crippen LogP contribution in [0, 0.1) is 0 Å². The molecule has 2 rings (SSSR count). The normalized spacial score (nSPS) is 11.2. The van der Waals surface area contributed by atoms with Gasteiger partial charge in [0.05, 0.1) is 5.92 Å². The number of carbonyl (C=O) groups is 1. The van der Waals surface area contributed by atoms with E-state index in [0.29, 0.717) is 5.75 Å². The van der Waals surface area contributed by atoms with E-state index >= 15 is 0 Å². The molecule has 0 aliphatic heterocycles. The second kappa shape index (κ2) is 7.34. The summed E-state index contributed by atoms with van der Waals surface area (Å²) in [6.45, 7) is 1.66. The summed E-state index contributed by atoms with van der Waals surface area (Å²) in [6.07, 6.45) is 0. The summed E-state index contributed by atoms with van der Waals surface area (Å²) in [7, 11) is 0. The molecule has 1 atom stereocenters. The number of hydrogen-bond acceptors (Lipinski definition) is 2. The van der Waals surface area contributed by atoms with E-state index in [9.17, 15) is 4.79 Å². The third kappa shape index (κ3) is 4.39. The first kappa shape index (κ1) is 15.8. The Morgan fingerprint density at radius 1 is 1.05 bits per heavy atom. The second-order valence-electron chi connectivity index (χ2n) is 4.05. The number of carboxylic acid groups (broad SMARTS) is 1. The maximum Gasteiger partial charge on any atom is 0.310 e. The van der Waals surface area contributed by atoms with Gasteiger partial charge in [0.1, 0.15) is 11.5 Å². The van der Waals surface area contributed by atoms with E-state index < -0.39 is 11.9 Å². The Labute approximate surface area is 134 Å². The van der Waals surface area contributed by atoms with Crippen LogP contribution in [0.25, 0.3) is 0 Å². The van der Waals surface area contributed by atoms with Gasteiger partial charge in [0.15, 0.2) is 0 Å². The number of hydrogen-bond donors (Lipinski definition) is 1. The number of aliphatic carboxylic acids is 1. The monoisotopic (exact) mass is 265 g/mol. The molecule has 0 amide bonds. The molecule has 2 aromatic carbocycles. The van der Waals surface area contributed by atoms with E-state index in [-0.39, 0.29) is 29.6 Å². The van der Waals surface area contributed by atoms with E-state index in [1.807, 2.05) is 36.4 Å². The zero-order valence-corrected chi connectivity index (χ0v) is 13.0. The van der Waals surface area contributed by atoms with Gasteiger partial charge in [-0.15, -0.1) is 0 Å². The fourth-order valence-electron chi connectivity index (χ4n) is 1.61. The molecule has 0 fully saturated rings. The van der Waals surface area contributed by atoms with Crippen LogP contribution < -0.4 is 4.74 Å². The Kier molecular flexibility index (Phi) is 6.09. The Hall–Kier alpha value is -1.29. The maximum absolute atomic E-state index is 10.9. The van der Waals surface area contributed by atoms with Crippen molar-refractivity contribution in [2.24, 2.45) is 0 Å². The fourth-order valence-corrected chi connectivity index (χ4v) is 1.61. The van der Waals surface area contributed by atoms with Crippen LogP contribution in [0.1, 0.15) is 18.4 Å². The zero-order valence-electron chi connectivity index (χ0n) is 11.0. The van der Waals surface area contributed by atoms with Crippen molar-refractivity contribution in [1.29, 1.82) is 0 Å². The summed E-state index contributed by atoms with van der Waals surface area (Å²) in [5.41, 5.74) is 0.732. The molecule has 0 aliphatic rings. The van der Waals surface area contributed by atoms with Crippen LogP contribution in [-0.2, 0) is 4.79 Å². The molecule has 2 aromatic rings. The van der Waals surface area contributed by atoms with E-state index in [1.165, 1.54) is 0 Å². The minimum Gasteiger partial charge on any atom is -0.481 e. The number of carboxylic acids is 1. The molecule has 0 heterocycles. The zero-order chi connectivity index (χ0) is 13.0. The van der Waals surface area contributed by atoms with Gasteiger partial charge in [0.25, 0.3) is 0 Å². The first-order valence-electron chi connectivity index (χ1n) is 5.72. The standard InChI is InChI=1S/C15H14O3.Na/c1-11(15(16)17)12-6-5-9-14(10-12)18-13-7-3-2-4-8-13;/h2-11H,1H3,(H,16,17);. The van der Waals surface area contributed by atoms with Crippen LogP contribution in [0.5, 0.6) is 11.5 Å². The number of benzene rings is 2. The topological polar surface area (TPSA) is 46.5 Å². The molecule has 1 radical (unpaired) electrons. The van der Waals surface area contributed by atoms with E-state index in [0.717, 1.165) is 11.3 Å². The SMILES string of the molecule is CC(C(=O)O)c1cccc(Oc2ccccc2)c1.[Na]. The van der Waals surface area contributed by atoms with Crippen LogP contribution in [0.3, 0.4) is 0 Å². The molecule has 93 valence electrons. The Morgan fingerprint density at radius 3 is 2.32 bits per heavy atom. The first-order chi connectivity index (χ1) is 8.66. The van der Waals surface area contributed by atoms with Crippen molar-refractivity contribution in [3.63, 3.8) is 0 Å². The third-order valence-corrected chi connectivity index (χ3v) is 2.71. The van der Waals surface area contributed by atoms with Crippen LogP contribution in [-0.4, -0.2) is 40.6 Å². The Morgan fingerprint density at radius 2 is 1.68 bits per heavy atom. The third-order valence-electron chi connectivity index (χ3n) is 2.71. The van der Waals surface area contributed by atoms with Gasteiger partial charge < -0.3 is 9.84 Å². The van der Waals surface area contributed by atoms with Gasteiger partial charge in [-0.3, -0.25) is 4.79 Å². The molecule has 0 bridgehead atoms. The summed E-state index contributed by atoms with van der Waals surface area (Å²) < 4.78 is 5.66. The quantitative estimate of drug-likeness (QED) is 0.863. The van der Waals surface area contributed by atoms with Crippen molar-refractivity contribution in [1.82, 2.24) is 0 Å². The molecule has 0 saturated carbocycles. The molecular weight excluding hydrogens is 251 g/mol. The molecule has 0 spiro atoms. The van der Waals surface area contributed by atoms with Crippen molar-refractivity contribution in [3.05, 3.63) is 60.2 Å². The largest absolute Gasteiger partial charge is 0.481 e. The molecule has 0 saturated heterocycles. The van der Waals surface area contributed by atoms with Gasteiger partial charge >= 0.3 is 5.97 Å². The predicted octanol–water partition coefficient (Wildman–Crippen LogP) is 3.29. The summed E-state index contributed by atoms with van der Waals surface area (Å²) >= 11 is 0. The molecule has 1 N–H and O–H groups in total. The number of ether oxygens (including phenoxy) is 1. The van der Waals surface area contributed by atoms with Crippen LogP contribution in [0.2, 0.25) is 0 Å². The summed E-state index contributed by atoms with van der Waals surface area (Å²) in [5.74, 6) is 0.000567. The smallest absolute Gasteiger partial charge is 0.310 e. The maximum atomic E-state index is 10.9. The molecule has 3 nitrogen and oxygen atoms in total. The Balaban J connectivity index is 0.00000180. The van der Waals surface area contributed by atoms with E-state index in [2.05, 4.69) is 0 Å². The summed E-state index contributed by atoms with van der Waals surface area (Å²) in [4.78, 5) is 10.9. The van der Waals surface area contributed by atoms with Gasteiger partial charge in [0.2, 0.25) is 0 Å². The van der Waals surface area contributed by atoms with Crippen molar-refractivity contribution in [2.45, 2.75) is 12.8 Å². The van der Waals surface area contributed by atoms with Gasteiger partial charge in [-0.1, -0.05) is 30.3 Å². The van der Waals surface area contributed by atoms with Gasteiger partial charge in [-0.25, -0.2) is 0 Å². The van der Waals surface area contributed by atoms with Crippen molar-refractivity contribution in [3.8, 4) is 11.5 Å². The number of rotatable bonds is 4. The van der Waals surface area contributed by atoms with Crippen molar-refractivity contribution < 1.29 is 14.6 Å². The van der Waals surface area contributed by atoms with E-state index in [1.54, 1.807) is 25.1 Å². The Bertz CT molecular complexity index is 540. The molecule has 0 aromatic heterocycles. The second-order valence-corrected chi connectivity index (χ2v) is 4.05. The van der Waals surface area contributed by atoms with Crippen LogP contribution in [0.4, 0.5) is 0 Å². The summed E-state index contributed by atoms with van der Waals surface area (Å²) in [6, 6.07) is 16.6. The molecular formula is C15H14NaO3. The van der Waals surface area contributed by atoms with Gasteiger partial charge in [-0.05, 0) is 36.8 Å². The minimum atomic E-state index is -0.841. The molecule has 19 heavy (non-hydrogen) atoms. The van der Waals surface area contributed by atoms with Crippen LogP contribution in [0.15, 0.2) is 54.6 Å².